The van der Waals surface area contributed by atoms with Gasteiger partial charge in [-0.1, -0.05) is 0 Å². The number of aliphatic hydroxyl groups excluding tert-OH is 1. The molecule has 0 amide bonds. The summed E-state index contributed by atoms with van der Waals surface area (Å²) in [5.74, 6) is 0.571. The highest BCUT2D eigenvalue weighted by molar-refractivity contribution is 7.83. The van der Waals surface area contributed by atoms with Crippen molar-refractivity contribution in [1.82, 2.24) is 4.98 Å². The Hall–Kier alpha value is -0.520. The summed E-state index contributed by atoms with van der Waals surface area (Å²) < 4.78 is 5.22. The Morgan fingerprint density at radius 1 is 1.69 bits per heavy atom. The van der Waals surface area contributed by atoms with Crippen molar-refractivity contribution in [3.63, 3.8) is 0 Å². The number of aromatic nitrogens is 1. The first-order valence-electron chi connectivity index (χ1n) is 3.79. The van der Waals surface area contributed by atoms with Crippen molar-refractivity contribution < 1.29 is 9.84 Å². The molecule has 0 unspecified atom stereocenters. The van der Waals surface area contributed by atoms with Crippen molar-refractivity contribution in [2.45, 2.75) is 6.92 Å². The molecule has 0 aliphatic rings. The van der Waals surface area contributed by atoms with Gasteiger partial charge in [-0.15, -0.1) is 11.3 Å². The normalized spacial score (nSPS) is 11.0. The van der Waals surface area contributed by atoms with E-state index in [0.717, 1.165) is 9.88 Å². The van der Waals surface area contributed by atoms with Gasteiger partial charge >= 0.3 is 0 Å². The number of thiazole rings is 1. The molecule has 0 aliphatic carbocycles. The molecule has 0 aromatic carbocycles. The summed E-state index contributed by atoms with van der Waals surface area (Å²) in [4.78, 5) is 5.10. The molecule has 1 heterocycles. The van der Waals surface area contributed by atoms with Gasteiger partial charge in [0.25, 0.3) is 0 Å². The van der Waals surface area contributed by atoms with E-state index >= 15 is 0 Å². The molecular formula is C8H11NO2S2. The summed E-state index contributed by atoms with van der Waals surface area (Å²) in [5.41, 5.74) is 0. The topological polar surface area (TPSA) is 42.4 Å². The molecule has 13 heavy (non-hydrogen) atoms. The molecule has 1 rings (SSSR count). The van der Waals surface area contributed by atoms with Crippen LogP contribution in [0.4, 0.5) is 0 Å². The average Bonchev–Trinajstić information content (AvgIpc) is 2.44. The number of hydrogen-bond acceptors (Lipinski definition) is 5. The second-order valence-electron chi connectivity index (χ2n) is 2.29. The number of hydrogen-bond donors (Lipinski definition) is 2. The summed E-state index contributed by atoms with van der Waals surface area (Å²) in [5, 5.41) is 11.1. The Kier molecular flexibility index (Phi) is 4.27. The van der Waals surface area contributed by atoms with Crippen molar-refractivity contribution in [1.29, 1.82) is 0 Å². The van der Waals surface area contributed by atoms with Crippen molar-refractivity contribution in [3.05, 3.63) is 15.3 Å². The first-order valence-corrected chi connectivity index (χ1v) is 5.13. The fourth-order valence-corrected chi connectivity index (χ4v) is 1.87. The smallest absolute Gasteiger partial charge is 0.232 e. The Balaban J connectivity index is 2.78. The minimum Gasteiger partial charge on any atom is -0.474 e. The quantitative estimate of drug-likeness (QED) is 0.755. The van der Waals surface area contributed by atoms with E-state index in [1.54, 1.807) is 5.41 Å². The van der Waals surface area contributed by atoms with Gasteiger partial charge < -0.3 is 9.84 Å². The van der Waals surface area contributed by atoms with Crippen LogP contribution in [0, 0.1) is 6.92 Å². The highest BCUT2D eigenvalue weighted by Gasteiger charge is 2.06. The first-order chi connectivity index (χ1) is 6.27. The van der Waals surface area contributed by atoms with Gasteiger partial charge in [-0.3, -0.25) is 0 Å². The monoisotopic (exact) mass is 217 g/mol. The largest absolute Gasteiger partial charge is 0.474 e. The summed E-state index contributed by atoms with van der Waals surface area (Å²) >= 11 is 5.51. The van der Waals surface area contributed by atoms with E-state index < -0.39 is 0 Å². The lowest BCUT2D eigenvalue weighted by atomic mass is 10.5. The van der Waals surface area contributed by atoms with Gasteiger partial charge in [0.2, 0.25) is 5.88 Å². The molecule has 1 aromatic rings. The summed E-state index contributed by atoms with van der Waals surface area (Å²) in [7, 11) is 0. The van der Waals surface area contributed by atoms with Gasteiger partial charge in [-0.05, 0) is 18.4 Å². The molecule has 0 saturated carbocycles. The molecule has 0 aliphatic heterocycles. The Labute approximate surface area is 86.5 Å². The summed E-state index contributed by atoms with van der Waals surface area (Å²) in [6.07, 6.45) is 1.82. The Bertz CT molecular complexity index is 296. The molecule has 0 bridgehead atoms. The highest BCUT2D eigenvalue weighted by Crippen LogP contribution is 2.26. The van der Waals surface area contributed by atoms with Crippen molar-refractivity contribution >= 4 is 30.0 Å². The third-order valence-corrected chi connectivity index (χ3v) is 2.35. The zero-order valence-electron chi connectivity index (χ0n) is 7.23. The number of ether oxygens (including phenoxy) is 1. The number of aliphatic hydroxyl groups is 1. The van der Waals surface area contributed by atoms with Crippen LogP contribution in [0.15, 0.2) is 5.41 Å². The minimum atomic E-state index is 0.000599. The number of rotatable bonds is 4. The van der Waals surface area contributed by atoms with Crippen LogP contribution in [0.25, 0.3) is 6.08 Å². The van der Waals surface area contributed by atoms with E-state index in [-0.39, 0.29) is 13.2 Å². The third-order valence-electron chi connectivity index (χ3n) is 1.28. The third kappa shape index (κ3) is 3.02. The molecular weight excluding hydrogens is 206 g/mol. The Morgan fingerprint density at radius 3 is 3.08 bits per heavy atom. The highest BCUT2D eigenvalue weighted by atomic mass is 32.1. The van der Waals surface area contributed by atoms with Gasteiger partial charge in [0, 0.05) is 0 Å². The maximum absolute atomic E-state index is 8.57. The predicted octanol–water partition coefficient (Wildman–Crippen LogP) is 1.72. The number of nitrogens with zero attached hydrogens (tertiary/aromatic N) is 1. The van der Waals surface area contributed by atoms with Crippen LogP contribution in [-0.2, 0) is 0 Å². The van der Waals surface area contributed by atoms with Crippen LogP contribution in [0.3, 0.4) is 0 Å². The van der Waals surface area contributed by atoms with E-state index in [1.807, 2.05) is 13.0 Å². The van der Waals surface area contributed by atoms with Gasteiger partial charge in [0.05, 0.1) is 16.5 Å². The van der Waals surface area contributed by atoms with Crippen LogP contribution in [0.2, 0.25) is 0 Å². The molecule has 1 aromatic heterocycles. The lowest BCUT2D eigenvalue weighted by Gasteiger charge is -1.99. The molecule has 0 radical (unpaired) electrons. The minimum absolute atomic E-state index is 0.000599. The molecule has 0 saturated heterocycles. The first kappa shape index (κ1) is 10.6. The standard InChI is InChI=1S/C8H11NO2S2/c1-6-9-8(11-4-3-10)7(13-6)2-5-12/h2,5,10,12H,3-4H2,1H3/b5-2-. The van der Waals surface area contributed by atoms with Crippen LogP contribution in [-0.4, -0.2) is 23.3 Å². The zero-order chi connectivity index (χ0) is 9.68. The van der Waals surface area contributed by atoms with Gasteiger partial charge in [0.15, 0.2) is 0 Å². The van der Waals surface area contributed by atoms with Crippen LogP contribution in [0.1, 0.15) is 9.88 Å². The van der Waals surface area contributed by atoms with E-state index in [1.165, 1.54) is 11.3 Å². The van der Waals surface area contributed by atoms with Gasteiger partial charge in [-0.2, -0.15) is 12.6 Å². The van der Waals surface area contributed by atoms with Gasteiger partial charge in [-0.25, -0.2) is 4.98 Å². The molecule has 5 heteroatoms. The van der Waals surface area contributed by atoms with E-state index in [2.05, 4.69) is 17.6 Å². The Morgan fingerprint density at radius 2 is 2.46 bits per heavy atom. The van der Waals surface area contributed by atoms with Gasteiger partial charge in [0.1, 0.15) is 6.61 Å². The van der Waals surface area contributed by atoms with Crippen LogP contribution in [0.5, 0.6) is 5.88 Å². The zero-order valence-corrected chi connectivity index (χ0v) is 8.94. The average molecular weight is 217 g/mol. The second-order valence-corrected chi connectivity index (χ2v) is 3.82. The summed E-state index contributed by atoms with van der Waals surface area (Å²) in [6, 6.07) is 0. The van der Waals surface area contributed by atoms with E-state index in [0.29, 0.717) is 5.88 Å². The summed E-state index contributed by atoms with van der Waals surface area (Å²) in [6.45, 7) is 2.18. The van der Waals surface area contributed by atoms with Crippen molar-refractivity contribution in [2.24, 2.45) is 0 Å². The molecule has 1 N–H and O–H groups in total. The molecule has 0 atom stereocenters. The lowest BCUT2D eigenvalue weighted by Crippen LogP contribution is -2.02. The maximum Gasteiger partial charge on any atom is 0.232 e. The molecule has 3 nitrogen and oxygen atoms in total. The number of aryl methyl sites for hydroxylation is 1. The number of thiol groups is 1. The molecule has 0 fully saturated rings. The van der Waals surface area contributed by atoms with Crippen molar-refractivity contribution in [3.8, 4) is 5.88 Å². The fraction of sp³-hybridized carbons (Fsp3) is 0.375. The maximum atomic E-state index is 8.57. The van der Waals surface area contributed by atoms with E-state index in [4.69, 9.17) is 9.84 Å². The fourth-order valence-electron chi connectivity index (χ4n) is 0.842. The predicted molar refractivity (Wildman–Crippen MR) is 57.5 cm³/mol. The van der Waals surface area contributed by atoms with Crippen LogP contribution >= 0.6 is 24.0 Å². The lowest BCUT2D eigenvalue weighted by molar-refractivity contribution is 0.197. The SMILES string of the molecule is Cc1nc(OCCO)c(/C=C\S)s1. The molecule has 0 spiro atoms. The second kappa shape index (κ2) is 5.26. The van der Waals surface area contributed by atoms with Crippen molar-refractivity contribution in [2.75, 3.05) is 13.2 Å². The molecule has 72 valence electrons. The van der Waals surface area contributed by atoms with Crippen LogP contribution < -0.4 is 4.74 Å². The van der Waals surface area contributed by atoms with E-state index in [9.17, 15) is 0 Å².